The third-order valence-corrected chi connectivity index (χ3v) is 3.46. The monoisotopic (exact) mass is 266 g/mol. The molecule has 0 bridgehead atoms. The SMILES string of the molecule is CCCN(CCCOc1ccc(F)cc1)C1CNC1. The van der Waals surface area contributed by atoms with Gasteiger partial charge in [0.15, 0.2) is 0 Å². The largest absolute Gasteiger partial charge is 0.494 e. The maximum absolute atomic E-state index is 12.7. The molecule has 19 heavy (non-hydrogen) atoms. The molecule has 1 aliphatic rings. The number of nitrogens with one attached hydrogen (secondary N) is 1. The van der Waals surface area contributed by atoms with Crippen LogP contribution in [0.4, 0.5) is 4.39 Å². The quantitative estimate of drug-likeness (QED) is 0.731. The Labute approximate surface area is 114 Å². The molecule has 1 heterocycles. The number of nitrogens with zero attached hydrogens (tertiary/aromatic N) is 1. The van der Waals surface area contributed by atoms with Gasteiger partial charge in [0, 0.05) is 25.7 Å². The summed E-state index contributed by atoms with van der Waals surface area (Å²) in [5.41, 5.74) is 0. The summed E-state index contributed by atoms with van der Waals surface area (Å²) >= 11 is 0. The van der Waals surface area contributed by atoms with E-state index >= 15 is 0 Å². The Morgan fingerprint density at radius 3 is 2.58 bits per heavy atom. The van der Waals surface area contributed by atoms with Crippen LogP contribution in [0.1, 0.15) is 19.8 Å². The molecule has 2 rings (SSSR count). The molecule has 1 saturated heterocycles. The number of ether oxygens (including phenoxy) is 1. The second-order valence-electron chi connectivity index (χ2n) is 5.00. The van der Waals surface area contributed by atoms with Crippen LogP contribution in [0.25, 0.3) is 0 Å². The predicted molar refractivity (Wildman–Crippen MR) is 75.0 cm³/mol. The van der Waals surface area contributed by atoms with Gasteiger partial charge in [0.25, 0.3) is 0 Å². The molecule has 1 aromatic rings. The summed E-state index contributed by atoms with van der Waals surface area (Å²) in [5, 5.41) is 3.31. The molecule has 1 N–H and O–H groups in total. The van der Waals surface area contributed by atoms with Crippen LogP contribution in [0, 0.1) is 5.82 Å². The smallest absolute Gasteiger partial charge is 0.123 e. The van der Waals surface area contributed by atoms with Crippen LogP contribution in [0.15, 0.2) is 24.3 Å². The van der Waals surface area contributed by atoms with Gasteiger partial charge in [-0.05, 0) is 43.7 Å². The minimum absolute atomic E-state index is 0.223. The third-order valence-electron chi connectivity index (χ3n) is 3.46. The average Bonchev–Trinajstić information content (AvgIpc) is 2.35. The van der Waals surface area contributed by atoms with Crippen molar-refractivity contribution in [1.29, 1.82) is 0 Å². The highest BCUT2D eigenvalue weighted by atomic mass is 19.1. The molecular formula is C15H23FN2O. The van der Waals surface area contributed by atoms with Crippen molar-refractivity contribution in [3.63, 3.8) is 0 Å². The van der Waals surface area contributed by atoms with Crippen molar-refractivity contribution in [2.24, 2.45) is 0 Å². The second kappa shape index (κ2) is 7.46. The fraction of sp³-hybridized carbons (Fsp3) is 0.600. The van der Waals surface area contributed by atoms with Gasteiger partial charge in [-0.25, -0.2) is 4.39 Å². The average molecular weight is 266 g/mol. The molecule has 4 heteroatoms. The lowest BCUT2D eigenvalue weighted by atomic mass is 10.1. The minimum atomic E-state index is -0.223. The van der Waals surface area contributed by atoms with Crippen molar-refractivity contribution in [3.05, 3.63) is 30.1 Å². The first-order valence-corrected chi connectivity index (χ1v) is 7.12. The summed E-state index contributed by atoms with van der Waals surface area (Å²) < 4.78 is 18.3. The first-order chi connectivity index (χ1) is 9.29. The van der Waals surface area contributed by atoms with E-state index in [0.717, 1.165) is 38.3 Å². The summed E-state index contributed by atoms with van der Waals surface area (Å²) in [6.45, 7) is 7.35. The van der Waals surface area contributed by atoms with E-state index in [1.54, 1.807) is 12.1 Å². The molecular weight excluding hydrogens is 243 g/mol. The normalized spacial score (nSPS) is 15.5. The molecule has 0 atom stereocenters. The summed E-state index contributed by atoms with van der Waals surface area (Å²) in [5.74, 6) is 0.521. The zero-order chi connectivity index (χ0) is 13.5. The van der Waals surface area contributed by atoms with Crippen molar-refractivity contribution >= 4 is 0 Å². The third kappa shape index (κ3) is 4.48. The highest BCUT2D eigenvalue weighted by Gasteiger charge is 2.23. The number of benzene rings is 1. The van der Waals surface area contributed by atoms with Crippen LogP contribution in [0.3, 0.4) is 0 Å². The molecule has 0 aromatic heterocycles. The van der Waals surface area contributed by atoms with Crippen molar-refractivity contribution in [1.82, 2.24) is 10.2 Å². The molecule has 106 valence electrons. The summed E-state index contributed by atoms with van der Waals surface area (Å²) in [6, 6.07) is 6.91. The van der Waals surface area contributed by atoms with Crippen LogP contribution >= 0.6 is 0 Å². The fourth-order valence-electron chi connectivity index (χ4n) is 2.28. The van der Waals surface area contributed by atoms with Gasteiger partial charge in [-0.2, -0.15) is 0 Å². The maximum Gasteiger partial charge on any atom is 0.123 e. The topological polar surface area (TPSA) is 24.5 Å². The first kappa shape index (κ1) is 14.3. The van der Waals surface area contributed by atoms with Crippen molar-refractivity contribution < 1.29 is 9.13 Å². The Morgan fingerprint density at radius 2 is 2.00 bits per heavy atom. The predicted octanol–water partition coefficient (Wildman–Crippen LogP) is 2.28. The Hall–Kier alpha value is -1.13. The highest BCUT2D eigenvalue weighted by Crippen LogP contribution is 2.12. The van der Waals surface area contributed by atoms with Gasteiger partial charge >= 0.3 is 0 Å². The van der Waals surface area contributed by atoms with Gasteiger partial charge in [-0.1, -0.05) is 6.92 Å². The molecule has 0 unspecified atom stereocenters. The van der Waals surface area contributed by atoms with Crippen molar-refractivity contribution in [2.45, 2.75) is 25.8 Å². The fourth-order valence-corrected chi connectivity index (χ4v) is 2.28. The molecule has 1 aliphatic heterocycles. The molecule has 0 radical (unpaired) electrons. The van der Waals surface area contributed by atoms with Crippen LogP contribution < -0.4 is 10.1 Å². The number of halogens is 1. The lowest BCUT2D eigenvalue weighted by Crippen LogP contribution is -2.57. The van der Waals surface area contributed by atoms with E-state index in [4.69, 9.17) is 4.74 Å². The van der Waals surface area contributed by atoms with Crippen molar-refractivity contribution in [3.8, 4) is 5.75 Å². The maximum atomic E-state index is 12.7. The first-order valence-electron chi connectivity index (χ1n) is 7.12. The van der Waals surface area contributed by atoms with Crippen LogP contribution in [-0.4, -0.2) is 43.7 Å². The van der Waals surface area contributed by atoms with E-state index in [-0.39, 0.29) is 5.82 Å². The van der Waals surface area contributed by atoms with Gasteiger partial charge < -0.3 is 10.1 Å². The van der Waals surface area contributed by atoms with Crippen LogP contribution in [0.2, 0.25) is 0 Å². The summed E-state index contributed by atoms with van der Waals surface area (Å²) in [6.07, 6.45) is 2.20. The molecule has 0 saturated carbocycles. The molecule has 1 fully saturated rings. The van der Waals surface area contributed by atoms with Crippen LogP contribution in [-0.2, 0) is 0 Å². The summed E-state index contributed by atoms with van der Waals surface area (Å²) in [4.78, 5) is 2.53. The van der Waals surface area contributed by atoms with E-state index in [0.29, 0.717) is 12.6 Å². The van der Waals surface area contributed by atoms with Gasteiger partial charge in [-0.15, -0.1) is 0 Å². The van der Waals surface area contributed by atoms with E-state index in [2.05, 4.69) is 17.1 Å². The van der Waals surface area contributed by atoms with Gasteiger partial charge in [0.1, 0.15) is 11.6 Å². The van der Waals surface area contributed by atoms with Gasteiger partial charge in [-0.3, -0.25) is 4.90 Å². The number of hydrogen-bond acceptors (Lipinski definition) is 3. The van der Waals surface area contributed by atoms with Crippen LogP contribution in [0.5, 0.6) is 5.75 Å². The summed E-state index contributed by atoms with van der Waals surface area (Å²) in [7, 11) is 0. The lowest BCUT2D eigenvalue weighted by Gasteiger charge is -2.38. The Bertz CT molecular complexity index is 365. The number of hydrogen-bond donors (Lipinski definition) is 1. The molecule has 0 spiro atoms. The molecule has 0 aliphatic carbocycles. The Kier molecular flexibility index (Phi) is 5.61. The molecule has 3 nitrogen and oxygen atoms in total. The van der Waals surface area contributed by atoms with E-state index in [1.807, 2.05) is 0 Å². The number of rotatable bonds is 8. The van der Waals surface area contributed by atoms with E-state index in [1.165, 1.54) is 18.6 Å². The van der Waals surface area contributed by atoms with Gasteiger partial charge in [0.2, 0.25) is 0 Å². The zero-order valence-corrected chi connectivity index (χ0v) is 11.6. The van der Waals surface area contributed by atoms with E-state index < -0.39 is 0 Å². The second-order valence-corrected chi connectivity index (χ2v) is 5.00. The minimum Gasteiger partial charge on any atom is -0.494 e. The zero-order valence-electron chi connectivity index (χ0n) is 11.6. The van der Waals surface area contributed by atoms with E-state index in [9.17, 15) is 4.39 Å². The van der Waals surface area contributed by atoms with Crippen molar-refractivity contribution in [2.75, 3.05) is 32.8 Å². The standard InChI is InChI=1S/C15H23FN2O/c1-2-8-18(14-11-17-12-14)9-3-10-19-15-6-4-13(16)5-7-15/h4-7,14,17H,2-3,8-12H2,1H3. The molecule has 0 amide bonds. The Balaban J connectivity index is 1.65. The Morgan fingerprint density at radius 1 is 1.26 bits per heavy atom. The highest BCUT2D eigenvalue weighted by molar-refractivity contribution is 5.21. The lowest BCUT2D eigenvalue weighted by molar-refractivity contribution is 0.135. The van der Waals surface area contributed by atoms with Gasteiger partial charge in [0.05, 0.1) is 6.61 Å². The molecule has 1 aromatic carbocycles.